The summed E-state index contributed by atoms with van der Waals surface area (Å²) in [6.45, 7) is 8.60. The average Bonchev–Trinajstić information content (AvgIpc) is 2.64. The number of ether oxygens (including phenoxy) is 1. The SMILES string of the molecule is CCN(C)C(=O)Oc1cnn(C(C)(C)C)c1. The monoisotopic (exact) mass is 225 g/mol. The summed E-state index contributed by atoms with van der Waals surface area (Å²) in [5, 5.41) is 4.15. The molecule has 5 heteroatoms. The van der Waals surface area contributed by atoms with Gasteiger partial charge >= 0.3 is 6.09 Å². The van der Waals surface area contributed by atoms with Gasteiger partial charge in [0, 0.05) is 13.6 Å². The van der Waals surface area contributed by atoms with Crippen LogP contribution in [0.25, 0.3) is 0 Å². The van der Waals surface area contributed by atoms with Crippen LogP contribution in [0.3, 0.4) is 0 Å². The van der Waals surface area contributed by atoms with Crippen molar-refractivity contribution in [2.24, 2.45) is 0 Å². The summed E-state index contributed by atoms with van der Waals surface area (Å²) in [4.78, 5) is 13.0. The molecule has 1 aromatic rings. The average molecular weight is 225 g/mol. The molecule has 5 nitrogen and oxygen atoms in total. The van der Waals surface area contributed by atoms with E-state index in [2.05, 4.69) is 5.10 Å². The van der Waals surface area contributed by atoms with Crippen LogP contribution < -0.4 is 4.74 Å². The van der Waals surface area contributed by atoms with E-state index in [-0.39, 0.29) is 11.6 Å². The summed E-state index contributed by atoms with van der Waals surface area (Å²) < 4.78 is 6.91. The molecule has 0 atom stereocenters. The van der Waals surface area contributed by atoms with E-state index in [1.54, 1.807) is 24.1 Å². The van der Waals surface area contributed by atoms with Crippen molar-refractivity contribution < 1.29 is 9.53 Å². The van der Waals surface area contributed by atoms with Crippen molar-refractivity contribution in [3.63, 3.8) is 0 Å². The Kier molecular flexibility index (Phi) is 3.57. The molecule has 16 heavy (non-hydrogen) atoms. The summed E-state index contributed by atoms with van der Waals surface area (Å²) in [5.41, 5.74) is -0.110. The van der Waals surface area contributed by atoms with Gasteiger partial charge in [-0.05, 0) is 27.7 Å². The number of aromatic nitrogens is 2. The number of nitrogens with zero attached hydrogens (tertiary/aromatic N) is 3. The topological polar surface area (TPSA) is 47.4 Å². The Labute approximate surface area is 96.0 Å². The molecule has 0 N–H and O–H groups in total. The van der Waals surface area contributed by atoms with Crippen LogP contribution in [0.2, 0.25) is 0 Å². The first-order valence-corrected chi connectivity index (χ1v) is 5.32. The largest absolute Gasteiger partial charge is 0.415 e. The molecule has 0 fully saturated rings. The predicted octanol–water partition coefficient (Wildman–Crippen LogP) is 2.09. The molecule has 1 heterocycles. The van der Waals surface area contributed by atoms with Gasteiger partial charge < -0.3 is 9.64 Å². The lowest BCUT2D eigenvalue weighted by molar-refractivity contribution is 0.165. The van der Waals surface area contributed by atoms with Gasteiger partial charge in [-0.1, -0.05) is 0 Å². The third-order valence-corrected chi connectivity index (χ3v) is 2.24. The maximum atomic E-state index is 11.5. The number of hydrogen-bond donors (Lipinski definition) is 0. The normalized spacial score (nSPS) is 11.3. The highest BCUT2D eigenvalue weighted by Crippen LogP contribution is 2.17. The summed E-state index contributed by atoms with van der Waals surface area (Å²) in [5.74, 6) is 0.472. The Morgan fingerprint density at radius 1 is 1.56 bits per heavy atom. The second-order valence-electron chi connectivity index (χ2n) is 4.67. The molecule has 1 aromatic heterocycles. The van der Waals surface area contributed by atoms with Gasteiger partial charge in [0.05, 0.1) is 17.9 Å². The van der Waals surface area contributed by atoms with Crippen molar-refractivity contribution in [2.45, 2.75) is 33.2 Å². The van der Waals surface area contributed by atoms with Gasteiger partial charge in [-0.25, -0.2) is 4.79 Å². The summed E-state index contributed by atoms with van der Waals surface area (Å²) >= 11 is 0. The Morgan fingerprint density at radius 2 is 2.19 bits per heavy atom. The highest BCUT2D eigenvalue weighted by atomic mass is 16.6. The van der Waals surface area contributed by atoms with Crippen molar-refractivity contribution in [2.75, 3.05) is 13.6 Å². The standard InChI is InChI=1S/C11H19N3O2/c1-6-13(5)10(15)16-9-7-12-14(8-9)11(2,3)4/h7-8H,6H2,1-5H3. The second kappa shape index (κ2) is 4.55. The molecule has 0 aliphatic rings. The fourth-order valence-electron chi connectivity index (χ4n) is 1.03. The fourth-order valence-corrected chi connectivity index (χ4v) is 1.03. The van der Waals surface area contributed by atoms with E-state index in [1.165, 1.54) is 4.90 Å². The Balaban J connectivity index is 2.70. The zero-order valence-corrected chi connectivity index (χ0v) is 10.5. The van der Waals surface area contributed by atoms with Gasteiger partial charge in [-0.2, -0.15) is 5.10 Å². The predicted molar refractivity (Wildman–Crippen MR) is 61.6 cm³/mol. The molecule has 0 aliphatic carbocycles. The zero-order chi connectivity index (χ0) is 12.3. The molecule has 0 radical (unpaired) electrons. The van der Waals surface area contributed by atoms with Crippen LogP contribution in [0, 0.1) is 0 Å². The van der Waals surface area contributed by atoms with Gasteiger partial charge in [0.2, 0.25) is 0 Å². The quantitative estimate of drug-likeness (QED) is 0.774. The van der Waals surface area contributed by atoms with Gasteiger partial charge in [-0.3, -0.25) is 4.68 Å². The van der Waals surface area contributed by atoms with E-state index in [0.29, 0.717) is 12.3 Å². The van der Waals surface area contributed by atoms with Crippen LogP contribution >= 0.6 is 0 Å². The minimum Gasteiger partial charge on any atom is -0.407 e. The molecular weight excluding hydrogens is 206 g/mol. The van der Waals surface area contributed by atoms with E-state index in [0.717, 1.165) is 0 Å². The van der Waals surface area contributed by atoms with E-state index in [1.807, 2.05) is 27.7 Å². The van der Waals surface area contributed by atoms with Crippen LogP contribution in [0.4, 0.5) is 4.79 Å². The highest BCUT2D eigenvalue weighted by molar-refractivity contribution is 5.70. The number of carbonyl (C=O) groups excluding carboxylic acids is 1. The Hall–Kier alpha value is -1.52. The van der Waals surface area contributed by atoms with Crippen LogP contribution in [0.1, 0.15) is 27.7 Å². The molecule has 1 rings (SSSR count). The number of rotatable bonds is 2. The first-order valence-electron chi connectivity index (χ1n) is 5.32. The minimum atomic E-state index is -0.365. The Morgan fingerprint density at radius 3 is 2.62 bits per heavy atom. The summed E-state index contributed by atoms with van der Waals surface area (Å²) in [6.07, 6.45) is 2.91. The molecular formula is C11H19N3O2. The van der Waals surface area contributed by atoms with Gasteiger partial charge in [-0.15, -0.1) is 0 Å². The molecule has 90 valence electrons. The van der Waals surface area contributed by atoms with Gasteiger partial charge in [0.25, 0.3) is 0 Å². The molecule has 1 amide bonds. The van der Waals surface area contributed by atoms with Crippen LogP contribution in [0.5, 0.6) is 5.75 Å². The molecule has 0 saturated heterocycles. The molecule has 0 aromatic carbocycles. The van der Waals surface area contributed by atoms with E-state index in [9.17, 15) is 4.79 Å². The van der Waals surface area contributed by atoms with Gasteiger partial charge in [0.15, 0.2) is 5.75 Å². The smallest absolute Gasteiger partial charge is 0.407 e. The fraction of sp³-hybridized carbons (Fsp3) is 0.636. The Bertz CT molecular complexity index is 366. The lowest BCUT2D eigenvalue weighted by atomic mass is 10.1. The second-order valence-corrected chi connectivity index (χ2v) is 4.67. The first-order chi connectivity index (χ1) is 7.34. The van der Waals surface area contributed by atoms with E-state index >= 15 is 0 Å². The zero-order valence-electron chi connectivity index (χ0n) is 10.5. The van der Waals surface area contributed by atoms with Crippen molar-refractivity contribution in [1.82, 2.24) is 14.7 Å². The molecule has 0 unspecified atom stereocenters. The maximum Gasteiger partial charge on any atom is 0.415 e. The maximum absolute atomic E-state index is 11.5. The van der Waals surface area contributed by atoms with Crippen molar-refractivity contribution in [3.8, 4) is 5.75 Å². The first kappa shape index (κ1) is 12.5. The third kappa shape index (κ3) is 2.98. The number of carbonyl (C=O) groups is 1. The number of amides is 1. The third-order valence-electron chi connectivity index (χ3n) is 2.24. The summed E-state index contributed by atoms with van der Waals surface area (Å²) in [6, 6.07) is 0. The van der Waals surface area contributed by atoms with Crippen LogP contribution in [-0.2, 0) is 5.54 Å². The van der Waals surface area contributed by atoms with Crippen molar-refractivity contribution in [3.05, 3.63) is 12.4 Å². The highest BCUT2D eigenvalue weighted by Gasteiger charge is 2.16. The molecule has 0 aliphatic heterocycles. The van der Waals surface area contributed by atoms with Crippen LogP contribution in [0.15, 0.2) is 12.4 Å². The van der Waals surface area contributed by atoms with Gasteiger partial charge in [0.1, 0.15) is 0 Å². The minimum absolute atomic E-state index is 0.110. The van der Waals surface area contributed by atoms with Crippen LogP contribution in [-0.4, -0.2) is 34.4 Å². The molecule has 0 saturated carbocycles. The lowest BCUT2D eigenvalue weighted by Gasteiger charge is -2.18. The molecule has 0 spiro atoms. The van der Waals surface area contributed by atoms with E-state index < -0.39 is 0 Å². The summed E-state index contributed by atoms with van der Waals surface area (Å²) in [7, 11) is 1.69. The van der Waals surface area contributed by atoms with Crippen molar-refractivity contribution in [1.29, 1.82) is 0 Å². The van der Waals surface area contributed by atoms with E-state index in [4.69, 9.17) is 4.74 Å². The van der Waals surface area contributed by atoms with Crippen molar-refractivity contribution >= 4 is 6.09 Å². The lowest BCUT2D eigenvalue weighted by Crippen LogP contribution is -2.29. The number of hydrogen-bond acceptors (Lipinski definition) is 3. The molecule has 0 bridgehead atoms.